The minimum absolute atomic E-state index is 0. The second-order valence-corrected chi connectivity index (χ2v) is 4.11. The fraction of sp³-hybridized carbons (Fsp3) is 0.333. The predicted octanol–water partition coefficient (Wildman–Crippen LogP) is 2.26. The Kier molecular flexibility index (Phi) is 4.52. The average molecular weight is 310 g/mol. The van der Waals surface area contributed by atoms with Crippen molar-refractivity contribution >= 4 is 34.0 Å². The van der Waals surface area contributed by atoms with Crippen LogP contribution in [-0.2, 0) is 6.54 Å². The van der Waals surface area contributed by atoms with E-state index in [0.717, 1.165) is 5.56 Å². The van der Waals surface area contributed by atoms with Gasteiger partial charge in [-0.1, -0.05) is 15.9 Å². The van der Waals surface area contributed by atoms with Crippen LogP contribution in [0.4, 0.5) is 5.69 Å². The van der Waals surface area contributed by atoms with Crippen molar-refractivity contribution in [3.63, 3.8) is 0 Å². The van der Waals surface area contributed by atoms with Crippen LogP contribution in [0.1, 0.15) is 5.56 Å². The molecule has 88 valence electrons. The number of ether oxygens (including phenoxy) is 1. The maximum absolute atomic E-state index is 10.8. The molecule has 16 heavy (non-hydrogen) atoms. The first-order chi connectivity index (χ1) is 7.18. The summed E-state index contributed by atoms with van der Waals surface area (Å²) < 4.78 is 6.07. The van der Waals surface area contributed by atoms with Gasteiger partial charge in [-0.15, -0.1) is 12.4 Å². The average Bonchev–Trinajstić information content (AvgIpc) is 2.41. The van der Waals surface area contributed by atoms with Crippen molar-refractivity contribution in [2.24, 2.45) is 0 Å². The van der Waals surface area contributed by atoms with E-state index in [2.05, 4.69) is 21.2 Å². The van der Waals surface area contributed by atoms with Crippen molar-refractivity contribution < 1.29 is 9.66 Å². The van der Waals surface area contributed by atoms with Crippen LogP contribution in [-0.4, -0.2) is 18.1 Å². The summed E-state index contributed by atoms with van der Waals surface area (Å²) in [5.41, 5.74) is 0.830. The molecular weight excluding hydrogens is 299 g/mol. The van der Waals surface area contributed by atoms with Gasteiger partial charge in [0.05, 0.1) is 4.92 Å². The Morgan fingerprint density at radius 3 is 2.94 bits per heavy atom. The number of fused-ring (bicyclic) bond motifs is 1. The highest BCUT2D eigenvalue weighted by Gasteiger charge is 2.22. The second-order valence-electron chi connectivity index (χ2n) is 3.20. The van der Waals surface area contributed by atoms with Crippen molar-refractivity contribution in [1.82, 2.24) is 5.32 Å². The molecule has 0 unspecified atom stereocenters. The number of hydrogen-bond acceptors (Lipinski definition) is 4. The molecule has 0 amide bonds. The molecule has 0 spiro atoms. The van der Waals surface area contributed by atoms with Crippen molar-refractivity contribution in [2.75, 3.05) is 13.2 Å². The molecule has 0 saturated heterocycles. The Morgan fingerprint density at radius 2 is 2.25 bits per heavy atom. The van der Waals surface area contributed by atoms with E-state index in [1.807, 2.05) is 6.07 Å². The maximum atomic E-state index is 10.8. The van der Waals surface area contributed by atoms with Crippen LogP contribution in [0.5, 0.6) is 5.75 Å². The van der Waals surface area contributed by atoms with Crippen LogP contribution in [0.2, 0.25) is 0 Å². The number of nitro benzene ring substituents is 1. The minimum Gasteiger partial charge on any atom is -0.485 e. The van der Waals surface area contributed by atoms with Gasteiger partial charge in [0.15, 0.2) is 0 Å². The zero-order chi connectivity index (χ0) is 10.8. The molecular formula is C9H10BrClN2O3. The smallest absolute Gasteiger partial charge is 0.312 e. The maximum Gasteiger partial charge on any atom is 0.312 e. The van der Waals surface area contributed by atoms with Gasteiger partial charge in [-0.05, 0) is 6.07 Å². The molecule has 1 aromatic carbocycles. The highest BCUT2D eigenvalue weighted by molar-refractivity contribution is 9.10. The highest BCUT2D eigenvalue weighted by atomic mass is 79.9. The molecule has 0 saturated carbocycles. The zero-order valence-corrected chi connectivity index (χ0v) is 10.6. The predicted molar refractivity (Wildman–Crippen MR) is 65.2 cm³/mol. The minimum atomic E-state index is -0.422. The summed E-state index contributed by atoms with van der Waals surface area (Å²) >= 11 is 3.25. The molecule has 1 aromatic rings. The Balaban J connectivity index is 0.00000128. The Hall–Kier alpha value is -0.850. The summed E-state index contributed by atoms with van der Waals surface area (Å²) in [4.78, 5) is 10.4. The largest absolute Gasteiger partial charge is 0.485 e. The lowest BCUT2D eigenvalue weighted by Gasteiger charge is -2.07. The molecule has 0 fully saturated rings. The third-order valence-corrected chi connectivity index (χ3v) is 2.61. The van der Waals surface area contributed by atoms with Gasteiger partial charge in [0, 0.05) is 29.2 Å². The highest BCUT2D eigenvalue weighted by Crippen LogP contribution is 2.35. The Morgan fingerprint density at radius 1 is 1.50 bits per heavy atom. The quantitative estimate of drug-likeness (QED) is 0.638. The lowest BCUT2D eigenvalue weighted by molar-refractivity contribution is -0.386. The molecule has 1 N–H and O–H groups in total. The zero-order valence-electron chi connectivity index (χ0n) is 8.23. The Bertz CT molecular complexity index is 414. The normalized spacial score (nSPS) is 14.1. The van der Waals surface area contributed by atoms with Crippen LogP contribution in [0.25, 0.3) is 0 Å². The molecule has 1 heterocycles. The summed E-state index contributed by atoms with van der Waals surface area (Å²) in [5, 5.41) is 14.0. The molecule has 0 atom stereocenters. The van der Waals surface area contributed by atoms with Crippen molar-refractivity contribution in [3.05, 3.63) is 32.3 Å². The molecule has 5 nitrogen and oxygen atoms in total. The summed E-state index contributed by atoms with van der Waals surface area (Å²) in [6.45, 7) is 1.74. The molecule has 1 aliphatic heterocycles. The van der Waals surface area contributed by atoms with E-state index in [1.54, 1.807) is 0 Å². The molecule has 0 radical (unpaired) electrons. The van der Waals surface area contributed by atoms with Crippen LogP contribution in [0, 0.1) is 10.1 Å². The molecule has 0 bridgehead atoms. The topological polar surface area (TPSA) is 64.4 Å². The third-order valence-electron chi connectivity index (χ3n) is 2.15. The lowest BCUT2D eigenvalue weighted by atomic mass is 10.1. The Labute approximate surface area is 107 Å². The standard InChI is InChI=1S/C9H9BrN2O3.ClH/c10-7-3-6-5-11-1-2-15-9(6)8(4-7)12(13)14;/h3-4,11H,1-2,5H2;1H. The van der Waals surface area contributed by atoms with Gasteiger partial charge < -0.3 is 10.1 Å². The third kappa shape index (κ3) is 2.63. The van der Waals surface area contributed by atoms with Crippen LogP contribution >= 0.6 is 28.3 Å². The van der Waals surface area contributed by atoms with Gasteiger partial charge in [0.1, 0.15) is 6.61 Å². The number of halogens is 2. The van der Waals surface area contributed by atoms with E-state index in [9.17, 15) is 10.1 Å². The first-order valence-corrected chi connectivity index (χ1v) is 5.28. The van der Waals surface area contributed by atoms with E-state index < -0.39 is 4.92 Å². The van der Waals surface area contributed by atoms with Gasteiger partial charge in [0.2, 0.25) is 5.75 Å². The van der Waals surface area contributed by atoms with Gasteiger partial charge in [-0.25, -0.2) is 0 Å². The van der Waals surface area contributed by atoms with E-state index in [4.69, 9.17) is 4.74 Å². The van der Waals surface area contributed by atoms with Gasteiger partial charge >= 0.3 is 5.69 Å². The molecule has 1 aliphatic rings. The fourth-order valence-electron chi connectivity index (χ4n) is 1.52. The number of rotatable bonds is 1. The van der Waals surface area contributed by atoms with Gasteiger partial charge in [0.25, 0.3) is 0 Å². The van der Waals surface area contributed by atoms with E-state index in [1.165, 1.54) is 6.07 Å². The van der Waals surface area contributed by atoms with Crippen molar-refractivity contribution in [2.45, 2.75) is 6.54 Å². The SMILES string of the molecule is Cl.O=[N+]([O-])c1cc(Br)cc2c1OCCNC2. The molecule has 0 aliphatic carbocycles. The first-order valence-electron chi connectivity index (χ1n) is 4.49. The van der Waals surface area contributed by atoms with Gasteiger partial charge in [-0.2, -0.15) is 0 Å². The van der Waals surface area contributed by atoms with Gasteiger partial charge in [-0.3, -0.25) is 10.1 Å². The van der Waals surface area contributed by atoms with Crippen molar-refractivity contribution in [1.29, 1.82) is 0 Å². The monoisotopic (exact) mass is 308 g/mol. The van der Waals surface area contributed by atoms with Crippen LogP contribution in [0.3, 0.4) is 0 Å². The summed E-state index contributed by atoms with van der Waals surface area (Å²) in [5.74, 6) is 0.383. The summed E-state index contributed by atoms with van der Waals surface area (Å²) in [6.07, 6.45) is 0. The number of nitro groups is 1. The second kappa shape index (κ2) is 5.47. The van der Waals surface area contributed by atoms with E-state index in [-0.39, 0.29) is 18.1 Å². The molecule has 7 heteroatoms. The molecule has 0 aromatic heterocycles. The lowest BCUT2D eigenvalue weighted by Crippen LogP contribution is -2.16. The van der Waals surface area contributed by atoms with Crippen LogP contribution in [0.15, 0.2) is 16.6 Å². The van der Waals surface area contributed by atoms with E-state index >= 15 is 0 Å². The summed E-state index contributed by atoms with van der Waals surface area (Å²) in [7, 11) is 0. The summed E-state index contributed by atoms with van der Waals surface area (Å²) in [6, 6.07) is 3.30. The number of hydrogen-bond donors (Lipinski definition) is 1. The number of nitrogens with zero attached hydrogens (tertiary/aromatic N) is 1. The van der Waals surface area contributed by atoms with Crippen LogP contribution < -0.4 is 10.1 Å². The van der Waals surface area contributed by atoms with E-state index in [0.29, 0.717) is 29.9 Å². The first kappa shape index (κ1) is 13.2. The number of benzene rings is 1. The fourth-order valence-corrected chi connectivity index (χ4v) is 2.01. The molecule has 2 rings (SSSR count). The number of nitrogens with one attached hydrogen (secondary N) is 1. The van der Waals surface area contributed by atoms with Crippen molar-refractivity contribution in [3.8, 4) is 5.75 Å².